The summed E-state index contributed by atoms with van der Waals surface area (Å²) in [4.78, 5) is 22.0. The Kier molecular flexibility index (Phi) is 4.50. The molecule has 142 valence electrons. The average molecular weight is 419 g/mol. The smallest absolute Gasteiger partial charge is 0.263 e. The molecule has 0 unspecified atom stereocenters. The number of para-hydroxylation sites is 2. The second-order valence-corrected chi connectivity index (χ2v) is 7.98. The van der Waals surface area contributed by atoms with Gasteiger partial charge in [0.15, 0.2) is 0 Å². The molecule has 5 nitrogen and oxygen atoms in total. The minimum absolute atomic E-state index is 0.180. The van der Waals surface area contributed by atoms with Crippen molar-refractivity contribution in [2.75, 3.05) is 0 Å². The van der Waals surface area contributed by atoms with Crippen LogP contribution in [0.1, 0.15) is 15.2 Å². The minimum atomic E-state index is -0.180. The molecule has 0 aliphatic carbocycles. The van der Waals surface area contributed by atoms with Crippen LogP contribution in [0, 0.1) is 0 Å². The predicted molar refractivity (Wildman–Crippen MR) is 117 cm³/mol. The fourth-order valence-electron chi connectivity index (χ4n) is 3.23. The van der Waals surface area contributed by atoms with Crippen LogP contribution in [0.15, 0.2) is 73.2 Å². The van der Waals surface area contributed by atoms with Gasteiger partial charge in [-0.1, -0.05) is 48.0 Å². The molecule has 1 amide bonds. The Labute approximate surface area is 175 Å². The summed E-state index contributed by atoms with van der Waals surface area (Å²) in [7, 11) is 0. The van der Waals surface area contributed by atoms with Crippen LogP contribution in [0.3, 0.4) is 0 Å². The Bertz CT molecular complexity index is 1340. The van der Waals surface area contributed by atoms with Crippen LogP contribution in [-0.4, -0.2) is 20.4 Å². The molecule has 0 spiro atoms. The number of benzene rings is 2. The minimum Gasteiger partial charge on any atom is -0.347 e. The highest BCUT2D eigenvalue weighted by molar-refractivity contribution is 7.21. The molecular weight excluding hydrogens is 404 g/mol. The van der Waals surface area contributed by atoms with E-state index in [-0.39, 0.29) is 5.91 Å². The highest BCUT2D eigenvalue weighted by Gasteiger charge is 2.16. The number of amides is 1. The first-order valence-corrected chi connectivity index (χ1v) is 10.2. The van der Waals surface area contributed by atoms with E-state index in [0.717, 1.165) is 32.5 Å². The molecule has 1 N–H and O–H groups in total. The van der Waals surface area contributed by atoms with Crippen molar-refractivity contribution >= 4 is 50.0 Å². The number of fused-ring (bicyclic) bond motifs is 2. The van der Waals surface area contributed by atoms with Gasteiger partial charge < -0.3 is 5.32 Å². The molecule has 3 aromatic heterocycles. The van der Waals surface area contributed by atoms with Crippen molar-refractivity contribution in [3.63, 3.8) is 0 Å². The number of nitrogens with zero attached hydrogens (tertiary/aromatic N) is 3. The normalized spacial score (nSPS) is 11.2. The Morgan fingerprint density at radius 3 is 2.69 bits per heavy atom. The van der Waals surface area contributed by atoms with E-state index in [9.17, 15) is 4.79 Å². The number of carbonyl (C=O) groups excluding carboxylic acids is 1. The molecular formula is C22H15ClN4OS. The topological polar surface area (TPSA) is 59.8 Å². The fraction of sp³-hybridized carbons (Fsp3) is 0.0455. The van der Waals surface area contributed by atoms with Gasteiger partial charge in [0, 0.05) is 22.8 Å². The lowest BCUT2D eigenvalue weighted by Crippen LogP contribution is -2.22. The predicted octanol–water partition coefficient (Wildman–Crippen LogP) is 5.22. The van der Waals surface area contributed by atoms with E-state index in [1.54, 1.807) is 12.5 Å². The van der Waals surface area contributed by atoms with E-state index in [1.807, 2.05) is 65.2 Å². The maximum atomic E-state index is 12.6. The van der Waals surface area contributed by atoms with Crippen LogP contribution >= 0.6 is 22.9 Å². The number of aromatic nitrogens is 3. The Balaban J connectivity index is 1.32. The first-order chi connectivity index (χ1) is 14.2. The third-order valence-electron chi connectivity index (χ3n) is 4.70. The molecule has 7 heteroatoms. The first-order valence-electron chi connectivity index (χ1n) is 9.03. The summed E-state index contributed by atoms with van der Waals surface area (Å²) in [6.07, 6.45) is 3.52. The molecule has 3 heterocycles. The molecule has 2 aromatic carbocycles. The van der Waals surface area contributed by atoms with Crippen molar-refractivity contribution in [2.24, 2.45) is 0 Å². The van der Waals surface area contributed by atoms with Crippen LogP contribution < -0.4 is 5.32 Å². The number of nitrogens with one attached hydrogen (secondary N) is 1. The summed E-state index contributed by atoms with van der Waals surface area (Å²) in [6, 6.07) is 19.5. The Morgan fingerprint density at radius 1 is 1.03 bits per heavy atom. The zero-order chi connectivity index (χ0) is 19.8. The second kappa shape index (κ2) is 7.31. The van der Waals surface area contributed by atoms with Gasteiger partial charge >= 0.3 is 0 Å². The van der Waals surface area contributed by atoms with Gasteiger partial charge in [-0.25, -0.2) is 9.97 Å². The van der Waals surface area contributed by atoms with Crippen molar-refractivity contribution in [3.05, 3.63) is 88.7 Å². The fourth-order valence-corrected chi connectivity index (χ4v) is 4.66. The van der Waals surface area contributed by atoms with Crippen LogP contribution in [-0.2, 0) is 6.54 Å². The second-order valence-electron chi connectivity index (χ2n) is 6.55. The molecule has 0 aliphatic rings. The molecule has 0 aliphatic heterocycles. The molecule has 0 bridgehead atoms. The molecule has 0 radical (unpaired) electrons. The number of halogens is 1. The molecule has 0 saturated heterocycles. The summed E-state index contributed by atoms with van der Waals surface area (Å²) < 4.78 is 2.94. The lowest BCUT2D eigenvalue weighted by molar-refractivity contribution is 0.0955. The molecule has 5 rings (SSSR count). The van der Waals surface area contributed by atoms with Gasteiger partial charge in [0.25, 0.3) is 5.91 Å². The maximum absolute atomic E-state index is 12.6. The largest absolute Gasteiger partial charge is 0.347 e. The summed E-state index contributed by atoms with van der Waals surface area (Å²) in [6.45, 7) is 0.376. The summed E-state index contributed by atoms with van der Waals surface area (Å²) in [5.74, 6) is 0.599. The van der Waals surface area contributed by atoms with Crippen LogP contribution in [0.2, 0.25) is 5.02 Å². The van der Waals surface area contributed by atoms with Crippen molar-refractivity contribution in [3.8, 4) is 5.82 Å². The average Bonchev–Trinajstić information content (AvgIpc) is 3.34. The van der Waals surface area contributed by atoms with E-state index >= 15 is 0 Å². The molecule has 0 fully saturated rings. The highest BCUT2D eigenvalue weighted by Crippen LogP contribution is 2.35. The maximum Gasteiger partial charge on any atom is 0.263 e. The zero-order valence-electron chi connectivity index (χ0n) is 15.2. The van der Waals surface area contributed by atoms with Gasteiger partial charge in [-0.15, -0.1) is 11.3 Å². The summed E-state index contributed by atoms with van der Waals surface area (Å²) >= 11 is 7.79. The van der Waals surface area contributed by atoms with Crippen molar-refractivity contribution in [2.45, 2.75) is 6.54 Å². The van der Waals surface area contributed by atoms with Gasteiger partial charge in [-0.05, 0) is 29.8 Å². The Morgan fingerprint density at radius 2 is 1.86 bits per heavy atom. The quantitative estimate of drug-likeness (QED) is 0.435. The molecule has 29 heavy (non-hydrogen) atoms. The molecule has 0 saturated carbocycles. The van der Waals surface area contributed by atoms with E-state index in [2.05, 4.69) is 15.3 Å². The van der Waals surface area contributed by atoms with Gasteiger partial charge in [0.2, 0.25) is 0 Å². The summed E-state index contributed by atoms with van der Waals surface area (Å²) in [5, 5.41) is 4.34. The summed E-state index contributed by atoms with van der Waals surface area (Å²) in [5.41, 5.74) is 2.83. The lowest BCUT2D eigenvalue weighted by atomic mass is 10.2. The van der Waals surface area contributed by atoms with Crippen molar-refractivity contribution < 1.29 is 4.79 Å². The number of imidazole rings is 1. The standard InChI is InChI=1S/C22H15ClN4OS/c23-20-15-5-1-4-8-18(15)29-21(20)22(28)25-12-14-9-10-19(24-11-14)27-13-26-16-6-2-3-7-17(16)27/h1-11,13H,12H2,(H,25,28). The van der Waals surface area contributed by atoms with Crippen LogP contribution in [0.25, 0.3) is 26.9 Å². The SMILES string of the molecule is O=C(NCc1ccc(-n2cnc3ccccc32)nc1)c1sc2ccccc2c1Cl. The number of hydrogen-bond acceptors (Lipinski definition) is 4. The molecule has 0 atom stereocenters. The highest BCUT2D eigenvalue weighted by atomic mass is 35.5. The number of carbonyl (C=O) groups is 1. The van der Waals surface area contributed by atoms with Crippen molar-refractivity contribution in [1.82, 2.24) is 19.9 Å². The number of thiophene rings is 1. The number of pyridine rings is 1. The van der Waals surface area contributed by atoms with E-state index in [0.29, 0.717) is 16.4 Å². The van der Waals surface area contributed by atoms with Crippen molar-refractivity contribution in [1.29, 1.82) is 0 Å². The lowest BCUT2D eigenvalue weighted by Gasteiger charge is -2.07. The van der Waals surface area contributed by atoms with Gasteiger partial charge in [-0.3, -0.25) is 9.36 Å². The first kappa shape index (κ1) is 17.8. The number of rotatable bonds is 4. The van der Waals surface area contributed by atoms with E-state index in [1.165, 1.54) is 11.3 Å². The third kappa shape index (κ3) is 3.26. The monoisotopic (exact) mass is 418 g/mol. The Hall–Kier alpha value is -3.22. The van der Waals surface area contributed by atoms with Gasteiger partial charge in [0.05, 0.1) is 16.1 Å². The van der Waals surface area contributed by atoms with E-state index < -0.39 is 0 Å². The van der Waals surface area contributed by atoms with E-state index in [4.69, 9.17) is 11.6 Å². The van der Waals surface area contributed by atoms with Crippen LogP contribution in [0.5, 0.6) is 0 Å². The molecule has 5 aromatic rings. The number of hydrogen-bond donors (Lipinski definition) is 1. The zero-order valence-corrected chi connectivity index (χ0v) is 16.7. The van der Waals surface area contributed by atoms with Gasteiger partial charge in [0.1, 0.15) is 17.0 Å². The van der Waals surface area contributed by atoms with Crippen LogP contribution in [0.4, 0.5) is 0 Å². The van der Waals surface area contributed by atoms with Gasteiger partial charge in [-0.2, -0.15) is 0 Å². The third-order valence-corrected chi connectivity index (χ3v) is 6.38.